The van der Waals surface area contributed by atoms with Crippen LogP contribution in [0.4, 0.5) is 0 Å². The Hall–Kier alpha value is -2.58. The van der Waals surface area contributed by atoms with Crippen LogP contribution >= 0.6 is 0 Å². The van der Waals surface area contributed by atoms with Crippen LogP contribution in [-0.2, 0) is 20.8 Å². The van der Waals surface area contributed by atoms with Crippen LogP contribution in [0.5, 0.6) is 0 Å². The zero-order valence-corrected chi connectivity index (χ0v) is 23.6. The number of nitrogens with zero attached hydrogens (tertiary/aromatic N) is 3. The first-order valence-electron chi connectivity index (χ1n) is 15.1. The van der Waals surface area contributed by atoms with E-state index in [9.17, 15) is 14.4 Å². The molecule has 4 aliphatic rings. The molecule has 3 fully saturated rings. The Morgan fingerprint density at radius 1 is 1.00 bits per heavy atom. The fourth-order valence-corrected chi connectivity index (χ4v) is 7.10. The maximum absolute atomic E-state index is 14.3. The Bertz CT molecular complexity index is 1070. The highest BCUT2D eigenvalue weighted by molar-refractivity contribution is 5.96. The van der Waals surface area contributed by atoms with E-state index in [4.69, 9.17) is 0 Å². The average molecular weight is 536 g/mol. The molecule has 2 aliphatic carbocycles. The number of aryl methyl sites for hydroxylation is 1. The van der Waals surface area contributed by atoms with Crippen molar-refractivity contribution in [1.29, 1.82) is 0 Å². The smallest absolute Gasteiger partial charge is 0.269 e. The monoisotopic (exact) mass is 535 g/mol. The summed E-state index contributed by atoms with van der Waals surface area (Å²) < 4.78 is 0. The number of hydrogen-bond acceptors (Lipinski definition) is 5. The number of carbonyl (C=O) groups excluding carboxylic acids is 3. The van der Waals surface area contributed by atoms with E-state index in [1.54, 1.807) is 18.9 Å². The summed E-state index contributed by atoms with van der Waals surface area (Å²) in [7, 11) is 1.75. The van der Waals surface area contributed by atoms with Crippen molar-refractivity contribution in [3.63, 3.8) is 0 Å². The second kappa shape index (κ2) is 12.7. The zero-order chi connectivity index (χ0) is 27.4. The van der Waals surface area contributed by atoms with Gasteiger partial charge in [-0.15, -0.1) is 0 Å². The number of carbonyl (C=O) groups is 3. The van der Waals surface area contributed by atoms with Crippen molar-refractivity contribution >= 4 is 23.9 Å². The van der Waals surface area contributed by atoms with Crippen molar-refractivity contribution in [2.24, 2.45) is 10.9 Å². The van der Waals surface area contributed by atoms with E-state index in [-0.39, 0.29) is 35.6 Å². The van der Waals surface area contributed by atoms with Gasteiger partial charge in [0, 0.05) is 31.3 Å². The molecule has 1 aromatic rings. The van der Waals surface area contributed by atoms with E-state index in [1.807, 2.05) is 6.21 Å². The molecule has 1 unspecified atom stereocenters. The minimum Gasteiger partial charge on any atom is -0.343 e. The lowest BCUT2D eigenvalue weighted by molar-refractivity contribution is -0.148. The van der Waals surface area contributed by atoms with E-state index < -0.39 is 18.1 Å². The fourth-order valence-electron chi connectivity index (χ4n) is 7.10. The molecule has 212 valence electrons. The number of rotatable bonds is 7. The SMILES string of the molecule is CN[C@@H](C)C(=O)N[C@H](C(=O)N1C[C@H]2CCCN2C[C@H]1C(=O)N=CC1CCCc2ccccc21)C1CCCCC1. The Kier molecular flexibility index (Phi) is 9.13. The van der Waals surface area contributed by atoms with Crippen molar-refractivity contribution in [2.45, 2.75) is 101 Å². The van der Waals surface area contributed by atoms with Crippen LogP contribution in [0.1, 0.15) is 81.8 Å². The van der Waals surface area contributed by atoms with E-state index in [1.165, 1.54) is 17.5 Å². The lowest BCUT2D eigenvalue weighted by Gasteiger charge is -2.44. The first-order chi connectivity index (χ1) is 19.0. The van der Waals surface area contributed by atoms with Gasteiger partial charge in [-0.25, -0.2) is 4.99 Å². The van der Waals surface area contributed by atoms with Crippen LogP contribution < -0.4 is 10.6 Å². The van der Waals surface area contributed by atoms with E-state index >= 15 is 0 Å². The third-order valence-corrected chi connectivity index (χ3v) is 9.57. The van der Waals surface area contributed by atoms with E-state index in [2.05, 4.69) is 44.8 Å². The van der Waals surface area contributed by atoms with Crippen LogP contribution in [0.25, 0.3) is 0 Å². The normalized spacial score (nSPS) is 27.5. The molecule has 8 nitrogen and oxygen atoms in total. The number of aliphatic imine (C=N–C) groups is 1. The number of amides is 3. The summed E-state index contributed by atoms with van der Waals surface area (Å²) in [5.74, 6) is -0.295. The molecule has 0 radical (unpaired) electrons. The van der Waals surface area contributed by atoms with Gasteiger partial charge < -0.3 is 15.5 Å². The summed E-state index contributed by atoms with van der Waals surface area (Å²) in [5, 5.41) is 6.08. The third-order valence-electron chi connectivity index (χ3n) is 9.57. The molecular formula is C31H45N5O3. The predicted molar refractivity (Wildman–Crippen MR) is 153 cm³/mol. The molecule has 0 spiro atoms. The van der Waals surface area contributed by atoms with Gasteiger partial charge in [-0.05, 0) is 82.5 Å². The lowest BCUT2D eigenvalue weighted by atomic mass is 9.82. The predicted octanol–water partition coefficient (Wildman–Crippen LogP) is 3.05. The standard InChI is InChI=1S/C31H45N5O3/c1-21(32-2)29(37)34-28(23-11-4-3-5-12-23)31(39)36-19-25-15-9-17-35(25)20-27(36)30(38)33-18-24-14-8-13-22-10-6-7-16-26(22)24/h6-7,10,16,18,21,23-25,27-28,32H,3-5,8-9,11-15,17,19-20H2,1-2H3,(H,34,37)/t21-,24?,25+,27-,28-/m0/s1. The number of fused-ring (bicyclic) bond motifs is 2. The zero-order valence-electron chi connectivity index (χ0n) is 23.6. The molecule has 0 aromatic heterocycles. The van der Waals surface area contributed by atoms with Gasteiger partial charge in [0.25, 0.3) is 5.91 Å². The number of piperazine rings is 1. The molecule has 8 heteroatoms. The summed E-state index contributed by atoms with van der Waals surface area (Å²) in [6.07, 6.45) is 12.2. The molecule has 2 saturated heterocycles. The van der Waals surface area contributed by atoms with Gasteiger partial charge in [-0.2, -0.15) is 0 Å². The van der Waals surface area contributed by atoms with Crippen molar-refractivity contribution in [1.82, 2.24) is 20.4 Å². The summed E-state index contributed by atoms with van der Waals surface area (Å²) in [5.41, 5.74) is 2.60. The van der Waals surface area contributed by atoms with Gasteiger partial charge >= 0.3 is 0 Å². The molecular weight excluding hydrogens is 490 g/mol. The summed E-state index contributed by atoms with van der Waals surface area (Å²) in [6.45, 7) is 3.81. The third kappa shape index (κ3) is 6.27. The van der Waals surface area contributed by atoms with Crippen molar-refractivity contribution in [3.05, 3.63) is 35.4 Å². The number of benzene rings is 1. The molecule has 1 saturated carbocycles. The first kappa shape index (κ1) is 28.0. The summed E-state index contributed by atoms with van der Waals surface area (Å²) >= 11 is 0. The topological polar surface area (TPSA) is 94.1 Å². The quantitative estimate of drug-likeness (QED) is 0.524. The Labute approximate surface area is 233 Å². The maximum atomic E-state index is 14.3. The highest BCUT2D eigenvalue weighted by Gasteiger charge is 2.45. The summed E-state index contributed by atoms with van der Waals surface area (Å²) in [6, 6.07) is 7.09. The Balaban J connectivity index is 1.38. The number of hydrogen-bond donors (Lipinski definition) is 2. The largest absolute Gasteiger partial charge is 0.343 e. The van der Waals surface area contributed by atoms with Crippen molar-refractivity contribution < 1.29 is 14.4 Å². The fraction of sp³-hybridized carbons (Fsp3) is 0.677. The second-order valence-electron chi connectivity index (χ2n) is 12.0. The molecule has 1 aromatic carbocycles. The minimum absolute atomic E-state index is 0.0962. The van der Waals surface area contributed by atoms with Gasteiger partial charge in [0.15, 0.2) is 0 Å². The van der Waals surface area contributed by atoms with Gasteiger partial charge in [0.2, 0.25) is 11.8 Å². The van der Waals surface area contributed by atoms with Crippen molar-refractivity contribution in [2.75, 3.05) is 26.7 Å². The summed E-state index contributed by atoms with van der Waals surface area (Å²) in [4.78, 5) is 49.6. The van der Waals surface area contributed by atoms with Gasteiger partial charge in [0.1, 0.15) is 12.1 Å². The Morgan fingerprint density at radius 2 is 1.79 bits per heavy atom. The van der Waals surface area contributed by atoms with Crippen LogP contribution in [0.2, 0.25) is 0 Å². The highest BCUT2D eigenvalue weighted by atomic mass is 16.2. The maximum Gasteiger partial charge on any atom is 0.269 e. The molecule has 2 aliphatic heterocycles. The minimum atomic E-state index is -0.619. The molecule has 2 N–H and O–H groups in total. The van der Waals surface area contributed by atoms with Crippen molar-refractivity contribution in [3.8, 4) is 0 Å². The number of nitrogens with one attached hydrogen (secondary N) is 2. The molecule has 5 atom stereocenters. The second-order valence-corrected chi connectivity index (χ2v) is 12.0. The molecule has 2 heterocycles. The van der Waals surface area contributed by atoms with E-state index in [0.29, 0.717) is 13.1 Å². The van der Waals surface area contributed by atoms with Gasteiger partial charge in [-0.1, -0.05) is 43.5 Å². The van der Waals surface area contributed by atoms with Gasteiger partial charge in [0.05, 0.1) is 6.04 Å². The average Bonchev–Trinajstić information content (AvgIpc) is 3.45. The van der Waals surface area contributed by atoms with Crippen LogP contribution in [-0.4, -0.2) is 84.6 Å². The first-order valence-corrected chi connectivity index (χ1v) is 15.1. The number of likely N-dealkylation sites (N-methyl/N-ethyl adjacent to an activating group) is 1. The molecule has 5 rings (SSSR count). The van der Waals surface area contributed by atoms with Gasteiger partial charge in [-0.3, -0.25) is 19.3 Å². The van der Waals surface area contributed by atoms with Crippen LogP contribution in [0.15, 0.2) is 29.3 Å². The van der Waals surface area contributed by atoms with E-state index in [0.717, 1.165) is 64.3 Å². The lowest BCUT2D eigenvalue weighted by Crippen LogP contribution is -2.65. The van der Waals surface area contributed by atoms with Crippen LogP contribution in [0, 0.1) is 5.92 Å². The molecule has 39 heavy (non-hydrogen) atoms. The highest BCUT2D eigenvalue weighted by Crippen LogP contribution is 2.32. The molecule has 3 amide bonds. The Morgan fingerprint density at radius 3 is 2.59 bits per heavy atom. The molecule has 0 bridgehead atoms. The van der Waals surface area contributed by atoms with Crippen LogP contribution in [0.3, 0.4) is 0 Å².